The van der Waals surface area contributed by atoms with Gasteiger partial charge in [0.15, 0.2) is 0 Å². The fourth-order valence-corrected chi connectivity index (χ4v) is 2.16. The molecule has 1 atom stereocenters. The first-order chi connectivity index (χ1) is 5.72. The molecule has 0 rings (SSSR count). The maximum absolute atomic E-state index is 11.1. The Morgan fingerprint density at radius 2 is 2.00 bits per heavy atom. The van der Waals surface area contributed by atoms with Gasteiger partial charge in [-0.25, -0.2) is 0 Å². The molecule has 1 nitrogen and oxygen atoms in total. The molecule has 0 heterocycles. The molecule has 0 aliphatic rings. The second-order valence-corrected chi connectivity index (χ2v) is 4.53. The van der Waals surface area contributed by atoms with Crippen molar-refractivity contribution < 1.29 is 4.79 Å². The molecule has 0 N–H and O–H groups in total. The van der Waals surface area contributed by atoms with Crippen LogP contribution in [0, 0.1) is 0 Å². The Bertz CT molecular complexity index is 123. The van der Waals surface area contributed by atoms with E-state index in [1.807, 2.05) is 0 Å². The highest BCUT2D eigenvalue weighted by Crippen LogP contribution is 2.18. The molecule has 0 aliphatic carbocycles. The SMILES string of the molecule is CCCCCC(SCC)C(C)=O. The van der Waals surface area contributed by atoms with Crippen molar-refractivity contribution in [1.29, 1.82) is 0 Å². The monoisotopic (exact) mass is 188 g/mol. The van der Waals surface area contributed by atoms with E-state index >= 15 is 0 Å². The van der Waals surface area contributed by atoms with E-state index in [2.05, 4.69) is 13.8 Å². The van der Waals surface area contributed by atoms with E-state index in [4.69, 9.17) is 0 Å². The minimum absolute atomic E-state index is 0.265. The molecule has 2 heteroatoms. The van der Waals surface area contributed by atoms with E-state index in [9.17, 15) is 4.79 Å². The van der Waals surface area contributed by atoms with E-state index < -0.39 is 0 Å². The van der Waals surface area contributed by atoms with Crippen LogP contribution in [0.15, 0.2) is 0 Å². The number of carbonyl (C=O) groups is 1. The maximum Gasteiger partial charge on any atom is 0.142 e. The Balaban J connectivity index is 3.56. The van der Waals surface area contributed by atoms with Crippen molar-refractivity contribution in [3.8, 4) is 0 Å². The van der Waals surface area contributed by atoms with E-state index in [1.54, 1.807) is 18.7 Å². The van der Waals surface area contributed by atoms with E-state index in [0.29, 0.717) is 5.78 Å². The normalized spacial score (nSPS) is 12.9. The molecule has 0 aromatic carbocycles. The zero-order valence-corrected chi connectivity index (χ0v) is 9.25. The molecule has 0 amide bonds. The molecule has 72 valence electrons. The number of hydrogen-bond acceptors (Lipinski definition) is 2. The fourth-order valence-electron chi connectivity index (χ4n) is 1.18. The number of rotatable bonds is 7. The van der Waals surface area contributed by atoms with Gasteiger partial charge in [0, 0.05) is 0 Å². The van der Waals surface area contributed by atoms with Crippen molar-refractivity contribution in [2.45, 2.75) is 51.7 Å². The van der Waals surface area contributed by atoms with Crippen molar-refractivity contribution >= 4 is 17.5 Å². The van der Waals surface area contributed by atoms with Crippen molar-refractivity contribution in [3.63, 3.8) is 0 Å². The molecule has 0 saturated carbocycles. The van der Waals surface area contributed by atoms with Crippen LogP contribution in [0.1, 0.15) is 46.5 Å². The van der Waals surface area contributed by atoms with Crippen LogP contribution < -0.4 is 0 Å². The lowest BCUT2D eigenvalue weighted by molar-refractivity contribution is -0.116. The number of unbranched alkanes of at least 4 members (excludes halogenated alkanes) is 2. The number of carbonyl (C=O) groups excluding carboxylic acids is 1. The third-order valence-corrected chi connectivity index (χ3v) is 3.19. The lowest BCUT2D eigenvalue weighted by Gasteiger charge is -2.11. The third kappa shape index (κ3) is 5.64. The van der Waals surface area contributed by atoms with Gasteiger partial charge >= 0.3 is 0 Å². The Kier molecular flexibility index (Phi) is 7.67. The molecule has 0 aromatic heterocycles. The van der Waals surface area contributed by atoms with Crippen molar-refractivity contribution in [3.05, 3.63) is 0 Å². The number of ketones is 1. The van der Waals surface area contributed by atoms with Gasteiger partial charge in [-0.1, -0.05) is 33.1 Å². The van der Waals surface area contributed by atoms with Crippen LogP contribution in [0.4, 0.5) is 0 Å². The van der Waals surface area contributed by atoms with E-state index in [1.165, 1.54) is 19.3 Å². The molecule has 12 heavy (non-hydrogen) atoms. The summed E-state index contributed by atoms with van der Waals surface area (Å²) >= 11 is 1.79. The number of thioether (sulfide) groups is 1. The molecule has 0 radical (unpaired) electrons. The predicted octanol–water partition coefficient (Wildman–Crippen LogP) is 3.28. The Morgan fingerprint density at radius 3 is 2.42 bits per heavy atom. The van der Waals surface area contributed by atoms with Gasteiger partial charge in [-0.2, -0.15) is 11.8 Å². The van der Waals surface area contributed by atoms with Crippen LogP contribution in [0.25, 0.3) is 0 Å². The topological polar surface area (TPSA) is 17.1 Å². The highest BCUT2D eigenvalue weighted by Gasteiger charge is 2.12. The zero-order chi connectivity index (χ0) is 9.40. The minimum atomic E-state index is 0.265. The average Bonchev–Trinajstić information content (AvgIpc) is 2.03. The summed E-state index contributed by atoms with van der Waals surface area (Å²) in [5.41, 5.74) is 0. The van der Waals surface area contributed by atoms with Gasteiger partial charge in [-0.3, -0.25) is 4.79 Å². The smallest absolute Gasteiger partial charge is 0.142 e. The molecule has 0 spiro atoms. The molecule has 1 unspecified atom stereocenters. The van der Waals surface area contributed by atoms with Crippen LogP contribution in [0.2, 0.25) is 0 Å². The van der Waals surface area contributed by atoms with Crippen LogP contribution in [0.3, 0.4) is 0 Å². The minimum Gasteiger partial charge on any atom is -0.299 e. The lowest BCUT2D eigenvalue weighted by Crippen LogP contribution is -2.13. The molecule has 0 aromatic rings. The van der Waals surface area contributed by atoms with Gasteiger partial charge in [0.25, 0.3) is 0 Å². The first-order valence-corrected chi connectivity index (χ1v) is 5.89. The zero-order valence-electron chi connectivity index (χ0n) is 8.43. The summed E-state index contributed by atoms with van der Waals surface area (Å²) in [6.45, 7) is 6.01. The lowest BCUT2D eigenvalue weighted by atomic mass is 10.1. The van der Waals surface area contributed by atoms with E-state index in [0.717, 1.165) is 12.2 Å². The highest BCUT2D eigenvalue weighted by molar-refractivity contribution is 8.00. The van der Waals surface area contributed by atoms with Crippen molar-refractivity contribution in [2.24, 2.45) is 0 Å². The Labute approximate surface area is 80.3 Å². The number of Topliss-reactive ketones (excluding diaryl/α,β-unsaturated/α-hetero) is 1. The number of hydrogen-bond donors (Lipinski definition) is 0. The summed E-state index contributed by atoms with van der Waals surface area (Å²) in [6, 6.07) is 0. The fraction of sp³-hybridized carbons (Fsp3) is 0.900. The molecular formula is C10H20OS. The third-order valence-electron chi connectivity index (χ3n) is 1.89. The average molecular weight is 188 g/mol. The van der Waals surface area contributed by atoms with Gasteiger partial charge in [0.1, 0.15) is 5.78 Å². The van der Waals surface area contributed by atoms with Gasteiger partial charge in [-0.05, 0) is 19.1 Å². The first kappa shape index (κ1) is 12.0. The van der Waals surface area contributed by atoms with Crippen LogP contribution in [-0.2, 0) is 4.79 Å². The first-order valence-electron chi connectivity index (χ1n) is 4.84. The van der Waals surface area contributed by atoms with Gasteiger partial charge < -0.3 is 0 Å². The highest BCUT2D eigenvalue weighted by atomic mass is 32.2. The van der Waals surface area contributed by atoms with Crippen molar-refractivity contribution in [2.75, 3.05) is 5.75 Å². The molecular weight excluding hydrogens is 168 g/mol. The molecule has 0 aliphatic heterocycles. The Morgan fingerprint density at radius 1 is 1.33 bits per heavy atom. The molecule has 0 bridgehead atoms. The van der Waals surface area contributed by atoms with Crippen LogP contribution in [-0.4, -0.2) is 16.8 Å². The summed E-state index contributed by atoms with van der Waals surface area (Å²) < 4.78 is 0. The largest absolute Gasteiger partial charge is 0.299 e. The van der Waals surface area contributed by atoms with Gasteiger partial charge in [-0.15, -0.1) is 0 Å². The second-order valence-electron chi connectivity index (χ2n) is 3.05. The Hall–Kier alpha value is 0.0200. The summed E-state index contributed by atoms with van der Waals surface area (Å²) in [4.78, 5) is 11.1. The summed E-state index contributed by atoms with van der Waals surface area (Å²) in [6.07, 6.45) is 4.77. The predicted molar refractivity (Wildman–Crippen MR) is 56.7 cm³/mol. The quantitative estimate of drug-likeness (QED) is 0.570. The second kappa shape index (κ2) is 7.66. The summed E-state index contributed by atoms with van der Waals surface area (Å²) in [7, 11) is 0. The summed E-state index contributed by atoms with van der Waals surface area (Å²) in [5, 5.41) is 0.265. The summed E-state index contributed by atoms with van der Waals surface area (Å²) in [5.74, 6) is 1.40. The van der Waals surface area contributed by atoms with Gasteiger partial charge in [0.05, 0.1) is 5.25 Å². The van der Waals surface area contributed by atoms with Gasteiger partial charge in [0.2, 0.25) is 0 Å². The standard InChI is InChI=1S/C10H20OS/c1-4-6-7-8-10(9(3)11)12-5-2/h10H,4-8H2,1-3H3. The van der Waals surface area contributed by atoms with Crippen LogP contribution in [0.5, 0.6) is 0 Å². The maximum atomic E-state index is 11.1. The van der Waals surface area contributed by atoms with E-state index in [-0.39, 0.29) is 5.25 Å². The molecule has 0 saturated heterocycles. The van der Waals surface area contributed by atoms with Crippen LogP contribution >= 0.6 is 11.8 Å². The van der Waals surface area contributed by atoms with Crippen molar-refractivity contribution in [1.82, 2.24) is 0 Å². The molecule has 0 fully saturated rings.